The lowest BCUT2D eigenvalue weighted by Gasteiger charge is -2.03. The van der Waals surface area contributed by atoms with Crippen LogP contribution in [0.2, 0.25) is 0 Å². The molecule has 0 aliphatic rings. The van der Waals surface area contributed by atoms with Gasteiger partial charge in [0.25, 0.3) is 0 Å². The van der Waals surface area contributed by atoms with Gasteiger partial charge in [-0.2, -0.15) is 0 Å². The summed E-state index contributed by atoms with van der Waals surface area (Å²) in [5.41, 5.74) is 4.49. The van der Waals surface area contributed by atoms with Crippen molar-refractivity contribution in [2.45, 2.75) is 8.86 Å². The fraction of sp³-hybridized carbons (Fsp3) is 0.167. The van der Waals surface area contributed by atoms with E-state index in [0.717, 1.165) is 20.2 Å². The lowest BCUT2D eigenvalue weighted by atomic mass is 10.1. The molecule has 2 rings (SSSR count). The van der Waals surface area contributed by atoms with Gasteiger partial charge in [-0.3, -0.25) is 9.97 Å². The van der Waals surface area contributed by atoms with Crippen molar-refractivity contribution in [3.8, 4) is 11.4 Å². The summed E-state index contributed by atoms with van der Waals surface area (Å²) < 4.78 is 2.00. The second-order valence-electron chi connectivity index (χ2n) is 3.37. The molecule has 0 saturated heterocycles. The van der Waals surface area contributed by atoms with Crippen molar-refractivity contribution < 1.29 is 0 Å². The van der Waals surface area contributed by atoms with Gasteiger partial charge in [-0.1, -0.05) is 45.2 Å². The van der Waals surface area contributed by atoms with Crippen LogP contribution in [0.15, 0.2) is 36.7 Å². The van der Waals surface area contributed by atoms with E-state index >= 15 is 0 Å². The number of rotatable bonds is 3. The molecule has 0 aromatic carbocycles. The third-order valence-corrected chi connectivity index (χ3v) is 3.98. The minimum absolute atomic E-state index is 0.959. The smallest absolute Gasteiger partial charge is 0.0889 e. The number of pyridine rings is 2. The zero-order valence-corrected chi connectivity index (χ0v) is 12.8. The number of aromatic nitrogens is 2. The Morgan fingerprint density at radius 1 is 0.812 bits per heavy atom. The molecule has 4 heteroatoms. The Kier molecular flexibility index (Phi) is 4.51. The van der Waals surface area contributed by atoms with Gasteiger partial charge in [0.15, 0.2) is 0 Å². The van der Waals surface area contributed by atoms with Crippen molar-refractivity contribution in [1.29, 1.82) is 0 Å². The highest BCUT2D eigenvalue weighted by atomic mass is 127. The molecule has 0 radical (unpaired) electrons. The molecule has 0 N–H and O–H groups in total. The second-order valence-corrected chi connectivity index (χ2v) is 4.89. The summed E-state index contributed by atoms with van der Waals surface area (Å²) >= 11 is 4.71. The Morgan fingerprint density at radius 2 is 1.25 bits per heavy atom. The molecule has 0 atom stereocenters. The van der Waals surface area contributed by atoms with E-state index in [-0.39, 0.29) is 0 Å². The number of nitrogens with zero attached hydrogens (tertiary/aromatic N) is 2. The highest BCUT2D eigenvalue weighted by Crippen LogP contribution is 2.18. The van der Waals surface area contributed by atoms with Gasteiger partial charge in [-0.25, -0.2) is 0 Å². The molecule has 2 aromatic rings. The van der Waals surface area contributed by atoms with E-state index in [4.69, 9.17) is 0 Å². The lowest BCUT2D eigenvalue weighted by Crippen LogP contribution is -1.90. The minimum atomic E-state index is 0.959. The summed E-state index contributed by atoms with van der Waals surface area (Å²) in [6.45, 7) is 0. The van der Waals surface area contributed by atoms with Crippen LogP contribution in [-0.2, 0) is 8.86 Å². The van der Waals surface area contributed by atoms with Crippen LogP contribution in [0.3, 0.4) is 0 Å². The van der Waals surface area contributed by atoms with E-state index in [1.165, 1.54) is 11.1 Å². The number of hydrogen-bond acceptors (Lipinski definition) is 2. The lowest BCUT2D eigenvalue weighted by molar-refractivity contribution is 1.21. The van der Waals surface area contributed by atoms with Gasteiger partial charge in [-0.15, -0.1) is 0 Å². The maximum absolute atomic E-state index is 4.36. The summed E-state index contributed by atoms with van der Waals surface area (Å²) in [5, 5.41) is 0. The Balaban J connectivity index is 2.41. The fourth-order valence-corrected chi connectivity index (χ4v) is 2.34. The van der Waals surface area contributed by atoms with Gasteiger partial charge in [-0.05, 0) is 35.4 Å². The van der Waals surface area contributed by atoms with E-state index in [1.54, 1.807) is 0 Å². The van der Waals surface area contributed by atoms with Crippen LogP contribution in [0.4, 0.5) is 0 Å². The second kappa shape index (κ2) is 5.90. The first kappa shape index (κ1) is 12.2. The van der Waals surface area contributed by atoms with Gasteiger partial charge >= 0.3 is 0 Å². The van der Waals surface area contributed by atoms with Crippen LogP contribution < -0.4 is 0 Å². The first-order valence-electron chi connectivity index (χ1n) is 4.85. The van der Waals surface area contributed by atoms with Gasteiger partial charge in [0.2, 0.25) is 0 Å². The molecule has 0 amide bonds. The molecule has 0 fully saturated rings. The third-order valence-electron chi connectivity index (χ3n) is 2.22. The first-order valence-corrected chi connectivity index (χ1v) is 7.91. The maximum Gasteiger partial charge on any atom is 0.0889 e. The summed E-state index contributed by atoms with van der Waals surface area (Å²) in [4.78, 5) is 8.73. The maximum atomic E-state index is 4.36. The predicted molar refractivity (Wildman–Crippen MR) is 82.9 cm³/mol. The summed E-state index contributed by atoms with van der Waals surface area (Å²) in [6.07, 6.45) is 3.70. The number of halogens is 2. The summed E-state index contributed by atoms with van der Waals surface area (Å²) in [5.74, 6) is 0. The average Bonchev–Trinajstić information content (AvgIpc) is 2.39. The Morgan fingerprint density at radius 3 is 1.62 bits per heavy atom. The van der Waals surface area contributed by atoms with E-state index in [2.05, 4.69) is 67.3 Å². The van der Waals surface area contributed by atoms with E-state index in [9.17, 15) is 0 Å². The van der Waals surface area contributed by atoms with Crippen molar-refractivity contribution in [3.63, 3.8) is 0 Å². The van der Waals surface area contributed by atoms with Crippen molar-refractivity contribution in [2.24, 2.45) is 0 Å². The van der Waals surface area contributed by atoms with Crippen LogP contribution in [0, 0.1) is 0 Å². The molecule has 0 aliphatic carbocycles. The van der Waals surface area contributed by atoms with Crippen LogP contribution in [0.25, 0.3) is 11.4 Å². The molecule has 0 bridgehead atoms. The summed E-state index contributed by atoms with van der Waals surface area (Å²) in [7, 11) is 0. The van der Waals surface area contributed by atoms with Gasteiger partial charge < -0.3 is 0 Å². The largest absolute Gasteiger partial charge is 0.255 e. The van der Waals surface area contributed by atoms with Crippen molar-refractivity contribution in [3.05, 3.63) is 47.8 Å². The van der Waals surface area contributed by atoms with Crippen LogP contribution in [0.5, 0.6) is 0 Å². The van der Waals surface area contributed by atoms with Crippen LogP contribution >= 0.6 is 45.2 Å². The minimum Gasteiger partial charge on any atom is -0.255 e. The number of hydrogen-bond donors (Lipinski definition) is 0. The Bertz CT molecular complexity index is 440. The molecule has 0 aliphatic heterocycles. The zero-order chi connectivity index (χ0) is 11.4. The third kappa shape index (κ3) is 2.91. The Labute approximate surface area is 122 Å². The normalized spacial score (nSPS) is 10.4. The highest BCUT2D eigenvalue weighted by Gasteiger charge is 2.02. The molecule has 2 aromatic heterocycles. The molecule has 0 unspecified atom stereocenters. The van der Waals surface area contributed by atoms with Crippen molar-refractivity contribution in [2.75, 3.05) is 0 Å². The van der Waals surface area contributed by atoms with Crippen molar-refractivity contribution >= 4 is 45.2 Å². The monoisotopic (exact) mass is 436 g/mol. The molecule has 0 saturated carbocycles. The molecule has 0 spiro atoms. The SMILES string of the molecule is ICc1ccnc(-c2cc(CI)ccn2)c1. The number of alkyl halides is 2. The van der Waals surface area contributed by atoms with Gasteiger partial charge in [0.1, 0.15) is 0 Å². The quantitative estimate of drug-likeness (QED) is 0.537. The standard InChI is InChI=1S/C12H10I2N2/c13-7-9-1-3-15-11(5-9)12-6-10(8-14)2-4-16-12/h1-6H,7-8H2. The summed E-state index contributed by atoms with van der Waals surface area (Å²) in [6, 6.07) is 8.29. The van der Waals surface area contributed by atoms with Gasteiger partial charge in [0.05, 0.1) is 11.4 Å². The Hall–Kier alpha value is -0.240. The van der Waals surface area contributed by atoms with E-state index < -0.39 is 0 Å². The van der Waals surface area contributed by atoms with E-state index in [1.807, 2.05) is 24.5 Å². The highest BCUT2D eigenvalue weighted by molar-refractivity contribution is 14.1. The molecule has 82 valence electrons. The topological polar surface area (TPSA) is 25.8 Å². The van der Waals surface area contributed by atoms with Crippen LogP contribution in [-0.4, -0.2) is 9.97 Å². The first-order chi connectivity index (χ1) is 7.83. The average molecular weight is 436 g/mol. The van der Waals surface area contributed by atoms with Crippen LogP contribution in [0.1, 0.15) is 11.1 Å². The molecule has 2 heterocycles. The fourth-order valence-electron chi connectivity index (χ4n) is 1.39. The molecule has 16 heavy (non-hydrogen) atoms. The van der Waals surface area contributed by atoms with Crippen molar-refractivity contribution in [1.82, 2.24) is 9.97 Å². The van der Waals surface area contributed by atoms with E-state index in [0.29, 0.717) is 0 Å². The molecular weight excluding hydrogens is 426 g/mol. The predicted octanol–water partition coefficient (Wildman–Crippen LogP) is 4.01. The molecule has 2 nitrogen and oxygen atoms in total. The molecular formula is C12H10I2N2. The van der Waals surface area contributed by atoms with Gasteiger partial charge in [0, 0.05) is 21.2 Å². The zero-order valence-electron chi connectivity index (χ0n) is 8.53.